The SMILES string of the molecule is O=c1[nH]c(C2CCCN2Cc2nc3c(o2)CCC3)nc2ccccc12. The van der Waals surface area contributed by atoms with Crippen LogP contribution in [0.1, 0.15) is 48.5 Å². The molecule has 2 aliphatic rings. The van der Waals surface area contributed by atoms with E-state index >= 15 is 0 Å². The van der Waals surface area contributed by atoms with E-state index in [4.69, 9.17) is 9.40 Å². The third-order valence-corrected chi connectivity index (χ3v) is 5.29. The maximum absolute atomic E-state index is 12.4. The standard InChI is InChI=1S/C19H20N4O2/c24-19-12-5-1-2-6-13(12)21-18(22-19)15-8-4-10-23(15)11-17-20-14-7-3-9-16(14)25-17/h1-2,5-6,15H,3-4,7-11H2,(H,21,22,24). The van der Waals surface area contributed by atoms with Crippen molar-refractivity contribution in [3.05, 3.63) is 57.8 Å². The van der Waals surface area contributed by atoms with Crippen molar-refractivity contribution in [2.24, 2.45) is 0 Å². The van der Waals surface area contributed by atoms with Gasteiger partial charge in [-0.2, -0.15) is 0 Å². The lowest BCUT2D eigenvalue weighted by atomic mass is 10.2. The average Bonchev–Trinajstić information content (AvgIpc) is 3.31. The summed E-state index contributed by atoms with van der Waals surface area (Å²) in [5, 5.41) is 0.639. The van der Waals surface area contributed by atoms with E-state index in [1.165, 1.54) is 0 Å². The first-order chi connectivity index (χ1) is 12.3. The average molecular weight is 336 g/mol. The number of nitrogens with zero attached hydrogens (tertiary/aromatic N) is 3. The lowest BCUT2D eigenvalue weighted by Gasteiger charge is -2.22. The topological polar surface area (TPSA) is 75.0 Å². The number of oxazole rings is 1. The highest BCUT2D eigenvalue weighted by atomic mass is 16.4. The number of H-pyrrole nitrogens is 1. The normalized spacial score (nSPS) is 20.4. The number of fused-ring (bicyclic) bond motifs is 2. The van der Waals surface area contributed by atoms with Crippen molar-refractivity contribution < 1.29 is 4.42 Å². The monoisotopic (exact) mass is 336 g/mol. The Morgan fingerprint density at radius 2 is 2.12 bits per heavy atom. The van der Waals surface area contributed by atoms with Crippen molar-refractivity contribution in [1.29, 1.82) is 0 Å². The van der Waals surface area contributed by atoms with Crippen LogP contribution in [0.15, 0.2) is 33.5 Å². The van der Waals surface area contributed by atoms with Gasteiger partial charge in [-0.15, -0.1) is 0 Å². The number of rotatable bonds is 3. The van der Waals surface area contributed by atoms with Gasteiger partial charge in [-0.3, -0.25) is 9.69 Å². The van der Waals surface area contributed by atoms with Gasteiger partial charge in [0.05, 0.1) is 29.2 Å². The molecule has 0 amide bonds. The van der Waals surface area contributed by atoms with Gasteiger partial charge in [0.25, 0.3) is 5.56 Å². The van der Waals surface area contributed by atoms with Crippen molar-refractivity contribution in [1.82, 2.24) is 19.9 Å². The number of nitrogens with one attached hydrogen (secondary N) is 1. The quantitative estimate of drug-likeness (QED) is 0.796. The van der Waals surface area contributed by atoms with Gasteiger partial charge in [0.2, 0.25) is 5.89 Å². The van der Waals surface area contributed by atoms with E-state index in [1.54, 1.807) is 0 Å². The maximum Gasteiger partial charge on any atom is 0.258 e. The first kappa shape index (κ1) is 14.8. The van der Waals surface area contributed by atoms with Gasteiger partial charge < -0.3 is 9.40 Å². The molecule has 5 rings (SSSR count). The molecule has 1 aliphatic heterocycles. The first-order valence-corrected chi connectivity index (χ1v) is 8.98. The van der Waals surface area contributed by atoms with Gasteiger partial charge in [0, 0.05) is 6.42 Å². The molecule has 1 aliphatic carbocycles. The highest BCUT2D eigenvalue weighted by molar-refractivity contribution is 5.77. The number of para-hydroxylation sites is 1. The van der Waals surface area contributed by atoms with Gasteiger partial charge in [-0.05, 0) is 44.4 Å². The molecule has 25 heavy (non-hydrogen) atoms. The number of aryl methyl sites for hydroxylation is 2. The van der Waals surface area contributed by atoms with Crippen LogP contribution in [0.25, 0.3) is 10.9 Å². The van der Waals surface area contributed by atoms with Crippen LogP contribution >= 0.6 is 0 Å². The van der Waals surface area contributed by atoms with Gasteiger partial charge in [-0.25, -0.2) is 9.97 Å². The molecule has 1 N–H and O–H groups in total. The minimum absolute atomic E-state index is 0.0671. The molecule has 0 saturated carbocycles. The third kappa shape index (κ3) is 2.57. The van der Waals surface area contributed by atoms with E-state index in [9.17, 15) is 4.79 Å². The fourth-order valence-electron chi connectivity index (χ4n) is 4.07. The largest absolute Gasteiger partial charge is 0.444 e. The molecule has 6 heteroatoms. The predicted octanol–water partition coefficient (Wildman–Crippen LogP) is 2.74. The lowest BCUT2D eigenvalue weighted by molar-refractivity contribution is 0.214. The zero-order valence-corrected chi connectivity index (χ0v) is 14.0. The number of hydrogen-bond donors (Lipinski definition) is 1. The summed E-state index contributed by atoms with van der Waals surface area (Å²) in [6, 6.07) is 7.60. The van der Waals surface area contributed by atoms with Crippen LogP contribution in [-0.4, -0.2) is 26.4 Å². The van der Waals surface area contributed by atoms with Gasteiger partial charge in [0.15, 0.2) is 0 Å². The van der Waals surface area contributed by atoms with Crippen molar-refractivity contribution in [3.63, 3.8) is 0 Å². The fourth-order valence-corrected chi connectivity index (χ4v) is 4.07. The van der Waals surface area contributed by atoms with Crippen LogP contribution in [-0.2, 0) is 19.4 Å². The Kier molecular flexibility index (Phi) is 3.45. The molecular formula is C19H20N4O2. The Bertz CT molecular complexity index is 969. The van der Waals surface area contributed by atoms with Crippen LogP contribution in [0, 0.1) is 0 Å². The first-order valence-electron chi connectivity index (χ1n) is 8.98. The molecule has 128 valence electrons. The van der Waals surface area contributed by atoms with Crippen molar-refractivity contribution in [2.45, 2.75) is 44.7 Å². The molecule has 3 aromatic rings. The maximum atomic E-state index is 12.4. The molecular weight excluding hydrogens is 316 g/mol. The Labute approximate surface area is 144 Å². The number of aromatic amines is 1. The summed E-state index contributed by atoms with van der Waals surface area (Å²) in [7, 11) is 0. The van der Waals surface area contributed by atoms with E-state index in [0.29, 0.717) is 11.9 Å². The zero-order valence-electron chi connectivity index (χ0n) is 14.0. The molecule has 2 aromatic heterocycles. The Hall–Kier alpha value is -2.47. The fraction of sp³-hybridized carbons (Fsp3) is 0.421. The number of benzene rings is 1. The molecule has 0 radical (unpaired) electrons. The second-order valence-electron chi connectivity index (χ2n) is 6.93. The van der Waals surface area contributed by atoms with Crippen molar-refractivity contribution in [3.8, 4) is 0 Å². The van der Waals surface area contributed by atoms with Crippen LogP contribution < -0.4 is 5.56 Å². The van der Waals surface area contributed by atoms with Gasteiger partial charge >= 0.3 is 0 Å². The summed E-state index contributed by atoms with van der Waals surface area (Å²) in [5.74, 6) is 2.60. The Morgan fingerprint density at radius 1 is 1.20 bits per heavy atom. The molecule has 1 saturated heterocycles. The second kappa shape index (κ2) is 5.81. The van der Waals surface area contributed by atoms with Gasteiger partial charge in [0.1, 0.15) is 11.6 Å². The minimum atomic E-state index is -0.0671. The van der Waals surface area contributed by atoms with Crippen molar-refractivity contribution >= 4 is 10.9 Å². The molecule has 0 bridgehead atoms. The lowest BCUT2D eigenvalue weighted by Crippen LogP contribution is -2.26. The third-order valence-electron chi connectivity index (χ3n) is 5.29. The van der Waals surface area contributed by atoms with E-state index in [1.807, 2.05) is 24.3 Å². The zero-order chi connectivity index (χ0) is 16.8. The van der Waals surface area contributed by atoms with E-state index < -0.39 is 0 Å². The summed E-state index contributed by atoms with van der Waals surface area (Å²) in [6.45, 7) is 1.64. The summed E-state index contributed by atoms with van der Waals surface area (Å²) < 4.78 is 5.92. The summed E-state index contributed by atoms with van der Waals surface area (Å²) in [5.41, 5.74) is 1.81. The van der Waals surface area contributed by atoms with Crippen LogP contribution in [0.2, 0.25) is 0 Å². The molecule has 0 spiro atoms. The Balaban J connectivity index is 1.45. The van der Waals surface area contributed by atoms with Gasteiger partial charge in [-0.1, -0.05) is 12.1 Å². The summed E-state index contributed by atoms with van der Waals surface area (Å²) >= 11 is 0. The minimum Gasteiger partial charge on any atom is -0.444 e. The second-order valence-corrected chi connectivity index (χ2v) is 6.93. The highest BCUT2D eigenvalue weighted by Crippen LogP contribution is 2.32. The molecule has 1 atom stereocenters. The van der Waals surface area contributed by atoms with Crippen LogP contribution in [0.4, 0.5) is 0 Å². The molecule has 6 nitrogen and oxygen atoms in total. The van der Waals surface area contributed by atoms with Crippen molar-refractivity contribution in [2.75, 3.05) is 6.54 Å². The number of likely N-dealkylation sites (tertiary alicyclic amines) is 1. The predicted molar refractivity (Wildman–Crippen MR) is 93.3 cm³/mol. The molecule has 1 aromatic carbocycles. The number of aromatic nitrogens is 3. The van der Waals surface area contributed by atoms with Crippen LogP contribution in [0.3, 0.4) is 0 Å². The van der Waals surface area contributed by atoms with E-state index in [-0.39, 0.29) is 11.6 Å². The Morgan fingerprint density at radius 3 is 3.04 bits per heavy atom. The van der Waals surface area contributed by atoms with E-state index in [2.05, 4.69) is 14.9 Å². The molecule has 1 unspecified atom stereocenters. The molecule has 1 fully saturated rings. The van der Waals surface area contributed by atoms with Crippen LogP contribution in [0.5, 0.6) is 0 Å². The smallest absolute Gasteiger partial charge is 0.258 e. The van der Waals surface area contributed by atoms with E-state index in [0.717, 1.165) is 67.3 Å². The summed E-state index contributed by atoms with van der Waals surface area (Å²) in [6.07, 6.45) is 5.26. The molecule has 3 heterocycles. The highest BCUT2D eigenvalue weighted by Gasteiger charge is 2.30. The number of hydrogen-bond acceptors (Lipinski definition) is 5. The summed E-state index contributed by atoms with van der Waals surface area (Å²) in [4.78, 5) is 27.0.